The molecule has 0 amide bonds. The molecule has 0 heterocycles. The van der Waals surface area contributed by atoms with Gasteiger partial charge in [0.05, 0.1) is 0 Å². The Hall–Kier alpha value is -3.52. The van der Waals surface area contributed by atoms with E-state index in [9.17, 15) is 0 Å². The Morgan fingerprint density at radius 2 is 0.647 bits per heavy atom. The number of anilines is 2. The molecule has 0 fully saturated rings. The fourth-order valence-electron chi connectivity index (χ4n) is 4.50. The third-order valence-corrected chi connectivity index (χ3v) is 7.13. The summed E-state index contributed by atoms with van der Waals surface area (Å²) >= 11 is 0. The maximum atomic E-state index is 5.79. The van der Waals surface area contributed by atoms with Gasteiger partial charge in [0, 0.05) is 11.4 Å². The van der Waals surface area contributed by atoms with Crippen molar-refractivity contribution in [2.45, 2.75) is 51.4 Å². The van der Waals surface area contributed by atoms with Gasteiger partial charge in [0.2, 0.25) is 0 Å². The molecule has 0 aliphatic rings. The minimum absolute atomic E-state index is 0.465. The second-order valence-electron chi connectivity index (χ2n) is 9.54. The lowest BCUT2D eigenvalue weighted by molar-refractivity contribution is 0.623. The minimum atomic E-state index is 0.465. The first-order chi connectivity index (χ1) is 16.5. The van der Waals surface area contributed by atoms with Crippen LogP contribution in [-0.4, -0.2) is 0 Å². The van der Waals surface area contributed by atoms with Crippen LogP contribution in [0.2, 0.25) is 0 Å². The van der Waals surface area contributed by atoms with E-state index in [1.54, 1.807) is 0 Å². The van der Waals surface area contributed by atoms with Crippen LogP contribution >= 0.6 is 0 Å². The van der Waals surface area contributed by atoms with E-state index in [0.29, 0.717) is 11.8 Å². The number of aryl methyl sites for hydroxylation is 4. The first-order valence-electron chi connectivity index (χ1n) is 12.3. The van der Waals surface area contributed by atoms with Crippen LogP contribution in [0.25, 0.3) is 0 Å². The van der Waals surface area contributed by atoms with Crippen molar-refractivity contribution in [1.82, 2.24) is 0 Å². The van der Waals surface area contributed by atoms with Crippen molar-refractivity contribution >= 4 is 11.4 Å². The molecule has 0 bridgehead atoms. The van der Waals surface area contributed by atoms with Gasteiger partial charge in [0.1, 0.15) is 0 Å². The van der Waals surface area contributed by atoms with E-state index < -0.39 is 0 Å². The number of hydrogen-bond donors (Lipinski definition) is 2. The highest BCUT2D eigenvalue weighted by atomic mass is 14.5. The summed E-state index contributed by atoms with van der Waals surface area (Å²) in [5, 5.41) is 0. The van der Waals surface area contributed by atoms with E-state index in [1.807, 2.05) is 24.3 Å². The van der Waals surface area contributed by atoms with Gasteiger partial charge >= 0.3 is 0 Å². The van der Waals surface area contributed by atoms with Gasteiger partial charge in [-0.15, -0.1) is 0 Å². The maximum absolute atomic E-state index is 5.79. The van der Waals surface area contributed by atoms with Gasteiger partial charge in [-0.2, -0.15) is 0 Å². The molecule has 0 saturated carbocycles. The normalized spacial score (nSPS) is 12.9. The Balaban J connectivity index is 1.31. The fraction of sp³-hybridized carbons (Fsp3) is 0.250. The Kier molecular flexibility index (Phi) is 7.69. The van der Waals surface area contributed by atoms with Crippen molar-refractivity contribution < 1.29 is 0 Å². The summed E-state index contributed by atoms with van der Waals surface area (Å²) in [5.74, 6) is 0.929. The van der Waals surface area contributed by atoms with Crippen molar-refractivity contribution in [3.05, 3.63) is 130 Å². The molecule has 0 aromatic heterocycles. The van der Waals surface area contributed by atoms with E-state index in [0.717, 1.165) is 37.1 Å². The lowest BCUT2D eigenvalue weighted by atomic mass is 9.83. The first-order valence-corrected chi connectivity index (χ1v) is 12.3. The van der Waals surface area contributed by atoms with Crippen molar-refractivity contribution in [1.29, 1.82) is 0 Å². The Morgan fingerprint density at radius 1 is 0.412 bits per heavy atom. The number of benzene rings is 4. The van der Waals surface area contributed by atoms with Crippen molar-refractivity contribution in [2.24, 2.45) is 0 Å². The highest BCUT2D eigenvalue weighted by Crippen LogP contribution is 2.32. The number of rotatable bonds is 9. The van der Waals surface area contributed by atoms with Crippen LogP contribution in [0.3, 0.4) is 0 Å². The highest BCUT2D eigenvalue weighted by Gasteiger charge is 2.16. The highest BCUT2D eigenvalue weighted by molar-refractivity contribution is 5.40. The molecular formula is C32H36N2. The molecule has 4 aromatic rings. The molecule has 2 heteroatoms. The Labute approximate surface area is 204 Å². The second kappa shape index (κ2) is 11.1. The smallest absolute Gasteiger partial charge is 0.0314 e. The molecule has 0 radical (unpaired) electrons. The van der Waals surface area contributed by atoms with Crippen molar-refractivity contribution in [3.63, 3.8) is 0 Å². The van der Waals surface area contributed by atoms with E-state index >= 15 is 0 Å². The molecule has 174 valence electrons. The number of nitrogen functional groups attached to an aromatic ring is 2. The average molecular weight is 449 g/mol. The maximum Gasteiger partial charge on any atom is 0.0314 e. The summed E-state index contributed by atoms with van der Waals surface area (Å²) < 4.78 is 0. The van der Waals surface area contributed by atoms with E-state index in [4.69, 9.17) is 11.5 Å². The summed E-state index contributed by atoms with van der Waals surface area (Å²) in [4.78, 5) is 0. The molecule has 2 unspecified atom stereocenters. The Bertz CT molecular complexity index is 1060. The monoisotopic (exact) mass is 448 g/mol. The molecule has 4 N–H and O–H groups in total. The summed E-state index contributed by atoms with van der Waals surface area (Å²) in [6.45, 7) is 4.67. The molecule has 4 rings (SSSR count). The minimum Gasteiger partial charge on any atom is -0.399 e. The van der Waals surface area contributed by atoms with Crippen molar-refractivity contribution in [3.8, 4) is 0 Å². The molecule has 0 saturated heterocycles. The van der Waals surface area contributed by atoms with E-state index in [2.05, 4.69) is 86.6 Å². The molecular weight excluding hydrogens is 412 g/mol. The van der Waals surface area contributed by atoms with Crippen LogP contribution in [-0.2, 0) is 25.7 Å². The zero-order chi connectivity index (χ0) is 23.9. The van der Waals surface area contributed by atoms with Crippen molar-refractivity contribution in [2.75, 3.05) is 11.5 Å². The van der Waals surface area contributed by atoms with Gasteiger partial charge < -0.3 is 11.5 Å². The molecule has 0 aliphatic heterocycles. The zero-order valence-corrected chi connectivity index (χ0v) is 20.4. The summed E-state index contributed by atoms with van der Waals surface area (Å²) in [6, 6.07) is 34.8. The third kappa shape index (κ3) is 6.29. The van der Waals surface area contributed by atoms with Crippen LogP contribution in [0.4, 0.5) is 11.4 Å². The topological polar surface area (TPSA) is 52.0 Å². The lowest BCUT2D eigenvalue weighted by Crippen LogP contribution is -2.05. The van der Waals surface area contributed by atoms with Gasteiger partial charge in [0.25, 0.3) is 0 Å². The van der Waals surface area contributed by atoms with E-state index in [1.165, 1.54) is 33.4 Å². The lowest BCUT2D eigenvalue weighted by Gasteiger charge is -2.21. The third-order valence-electron chi connectivity index (χ3n) is 7.13. The van der Waals surface area contributed by atoms with Gasteiger partial charge in [-0.25, -0.2) is 0 Å². The van der Waals surface area contributed by atoms with Crippen LogP contribution in [0.15, 0.2) is 97.1 Å². The molecule has 34 heavy (non-hydrogen) atoms. The standard InChI is InChI=1S/C32H36N2/c1-23(29-15-7-25(8-16-29)3-5-27-11-19-31(33)20-12-27)24(2)30-17-9-26(10-18-30)4-6-28-13-21-32(34)22-14-28/h7-24H,3-6,33-34H2,1-2H3. The predicted octanol–water partition coefficient (Wildman–Crippen LogP) is 7.33. The Morgan fingerprint density at radius 3 is 0.912 bits per heavy atom. The molecule has 0 spiro atoms. The SMILES string of the molecule is CC(c1ccc(CCc2ccc(N)cc2)cc1)C(C)c1ccc(CCc2ccc(N)cc2)cc1. The summed E-state index contributed by atoms with van der Waals surface area (Å²) in [5.41, 5.74) is 21.4. The van der Waals surface area contributed by atoms with E-state index in [-0.39, 0.29) is 0 Å². The fourth-order valence-corrected chi connectivity index (χ4v) is 4.50. The summed E-state index contributed by atoms with van der Waals surface area (Å²) in [7, 11) is 0. The molecule has 2 nitrogen and oxygen atoms in total. The molecule has 2 atom stereocenters. The van der Waals surface area contributed by atoms with Gasteiger partial charge in [-0.3, -0.25) is 0 Å². The van der Waals surface area contributed by atoms with Gasteiger partial charge in [-0.05, 0) is 95.2 Å². The van der Waals surface area contributed by atoms with Gasteiger partial charge in [-0.1, -0.05) is 86.6 Å². The zero-order valence-electron chi connectivity index (χ0n) is 20.4. The van der Waals surface area contributed by atoms with Gasteiger partial charge in [0.15, 0.2) is 0 Å². The summed E-state index contributed by atoms with van der Waals surface area (Å²) in [6.07, 6.45) is 4.17. The second-order valence-corrected chi connectivity index (χ2v) is 9.54. The van der Waals surface area contributed by atoms with Crippen LogP contribution in [0.5, 0.6) is 0 Å². The van der Waals surface area contributed by atoms with Crippen LogP contribution < -0.4 is 11.5 Å². The quantitative estimate of drug-likeness (QED) is 0.263. The molecule has 4 aromatic carbocycles. The predicted molar refractivity (Wildman–Crippen MR) is 146 cm³/mol. The molecule has 0 aliphatic carbocycles. The number of hydrogen-bond acceptors (Lipinski definition) is 2. The van der Waals surface area contributed by atoms with Crippen LogP contribution in [0.1, 0.15) is 59.1 Å². The number of nitrogens with two attached hydrogens (primary N) is 2. The average Bonchev–Trinajstić information content (AvgIpc) is 2.88. The largest absolute Gasteiger partial charge is 0.399 e. The van der Waals surface area contributed by atoms with Crippen LogP contribution in [0, 0.1) is 0 Å². The first kappa shape index (κ1) is 23.6.